The van der Waals surface area contributed by atoms with Crippen molar-refractivity contribution in [2.24, 2.45) is 0 Å². The highest BCUT2D eigenvalue weighted by Gasteiger charge is 2.13. The maximum Gasteiger partial charge on any atom is 0.0595 e. The highest BCUT2D eigenvalue weighted by atomic mass is 79.9. The van der Waals surface area contributed by atoms with Gasteiger partial charge in [0.1, 0.15) is 0 Å². The lowest BCUT2D eigenvalue weighted by Crippen LogP contribution is -2.23. The van der Waals surface area contributed by atoms with Crippen molar-refractivity contribution >= 4 is 39.1 Å². The predicted octanol–water partition coefficient (Wildman–Crippen LogP) is 5.96. The van der Waals surface area contributed by atoms with Crippen molar-refractivity contribution in [1.82, 2.24) is 5.32 Å². The van der Waals surface area contributed by atoms with Gasteiger partial charge in [-0.3, -0.25) is 0 Å². The van der Waals surface area contributed by atoms with Crippen LogP contribution in [0.2, 0.25) is 10.0 Å². The number of aryl methyl sites for hydroxylation is 1. The van der Waals surface area contributed by atoms with E-state index in [1.54, 1.807) is 0 Å². The fourth-order valence-electron chi connectivity index (χ4n) is 2.28. The van der Waals surface area contributed by atoms with Gasteiger partial charge in [-0.05, 0) is 54.8 Å². The standard InChI is InChI=1S/C17H18BrCl2N/c1-3-21-17(13-6-4-11(2)14(18)10-13)9-12-5-7-15(19)16(20)8-12/h4-8,10,17,21H,3,9H2,1-2H3. The zero-order chi connectivity index (χ0) is 15.4. The van der Waals surface area contributed by atoms with E-state index in [4.69, 9.17) is 23.2 Å². The second kappa shape index (κ2) is 7.64. The van der Waals surface area contributed by atoms with Crippen LogP contribution in [-0.4, -0.2) is 6.54 Å². The van der Waals surface area contributed by atoms with Crippen LogP contribution in [0.15, 0.2) is 40.9 Å². The van der Waals surface area contributed by atoms with E-state index in [1.807, 2.05) is 18.2 Å². The molecule has 0 fully saturated rings. The normalized spacial score (nSPS) is 12.4. The van der Waals surface area contributed by atoms with Crippen LogP contribution in [0.3, 0.4) is 0 Å². The molecule has 0 amide bonds. The fourth-order valence-corrected chi connectivity index (χ4v) is 3.00. The molecule has 0 spiro atoms. The summed E-state index contributed by atoms with van der Waals surface area (Å²) >= 11 is 15.7. The van der Waals surface area contributed by atoms with Crippen molar-refractivity contribution < 1.29 is 0 Å². The Bertz CT molecular complexity index is 628. The molecule has 0 aliphatic rings. The van der Waals surface area contributed by atoms with E-state index in [1.165, 1.54) is 16.7 Å². The molecule has 1 N–H and O–H groups in total. The molecule has 1 nitrogen and oxygen atoms in total. The molecule has 2 aromatic rings. The van der Waals surface area contributed by atoms with E-state index >= 15 is 0 Å². The number of halogens is 3. The van der Waals surface area contributed by atoms with E-state index in [0.29, 0.717) is 10.0 Å². The average Bonchev–Trinajstić information content (AvgIpc) is 2.45. The summed E-state index contributed by atoms with van der Waals surface area (Å²) in [5, 5.41) is 4.73. The van der Waals surface area contributed by atoms with Gasteiger partial charge in [0.2, 0.25) is 0 Å². The second-order valence-electron chi connectivity index (χ2n) is 5.07. The third-order valence-corrected chi connectivity index (χ3v) is 5.07. The predicted molar refractivity (Wildman–Crippen MR) is 95.5 cm³/mol. The number of benzene rings is 2. The maximum absolute atomic E-state index is 6.11. The summed E-state index contributed by atoms with van der Waals surface area (Å²) in [7, 11) is 0. The lowest BCUT2D eigenvalue weighted by molar-refractivity contribution is 0.549. The maximum atomic E-state index is 6.11. The van der Waals surface area contributed by atoms with Crippen LogP contribution >= 0.6 is 39.1 Å². The third kappa shape index (κ3) is 4.46. The zero-order valence-electron chi connectivity index (χ0n) is 12.1. The molecule has 2 rings (SSSR count). The van der Waals surface area contributed by atoms with Crippen molar-refractivity contribution in [2.75, 3.05) is 6.54 Å². The SMILES string of the molecule is CCNC(Cc1ccc(Cl)c(Cl)c1)c1ccc(C)c(Br)c1. The summed E-state index contributed by atoms with van der Waals surface area (Å²) in [6, 6.07) is 12.6. The zero-order valence-corrected chi connectivity index (χ0v) is 15.2. The molecule has 0 radical (unpaired) electrons. The van der Waals surface area contributed by atoms with E-state index in [-0.39, 0.29) is 6.04 Å². The fraction of sp³-hybridized carbons (Fsp3) is 0.294. The largest absolute Gasteiger partial charge is 0.310 e. The van der Waals surface area contributed by atoms with Crippen molar-refractivity contribution in [1.29, 1.82) is 0 Å². The smallest absolute Gasteiger partial charge is 0.0595 e. The number of rotatable bonds is 5. The lowest BCUT2D eigenvalue weighted by Gasteiger charge is -2.19. The first-order valence-electron chi connectivity index (χ1n) is 6.94. The highest BCUT2D eigenvalue weighted by Crippen LogP contribution is 2.27. The minimum absolute atomic E-state index is 0.254. The van der Waals surface area contributed by atoms with Gasteiger partial charge in [-0.2, -0.15) is 0 Å². The van der Waals surface area contributed by atoms with E-state index < -0.39 is 0 Å². The summed E-state index contributed by atoms with van der Waals surface area (Å²) in [5.74, 6) is 0. The Hall–Kier alpha value is -0.540. The Balaban J connectivity index is 2.25. The van der Waals surface area contributed by atoms with Gasteiger partial charge in [0.05, 0.1) is 10.0 Å². The Kier molecular flexibility index (Phi) is 6.12. The van der Waals surface area contributed by atoms with E-state index in [2.05, 4.69) is 53.3 Å². The Morgan fingerprint density at radius 3 is 2.48 bits per heavy atom. The molecule has 1 unspecified atom stereocenters. The van der Waals surface area contributed by atoms with Crippen molar-refractivity contribution in [2.45, 2.75) is 26.3 Å². The second-order valence-corrected chi connectivity index (χ2v) is 6.74. The summed E-state index contributed by atoms with van der Waals surface area (Å²) in [4.78, 5) is 0. The molecule has 0 bridgehead atoms. The summed E-state index contributed by atoms with van der Waals surface area (Å²) in [5.41, 5.74) is 3.68. The number of hydrogen-bond donors (Lipinski definition) is 1. The van der Waals surface area contributed by atoms with Gasteiger partial charge in [-0.1, -0.05) is 64.3 Å². The van der Waals surface area contributed by atoms with Crippen molar-refractivity contribution in [3.05, 3.63) is 67.6 Å². The molecule has 0 heterocycles. The van der Waals surface area contributed by atoms with Crippen LogP contribution in [0.1, 0.15) is 29.7 Å². The molecule has 0 saturated heterocycles. The Labute approximate surface area is 144 Å². The molecule has 0 saturated carbocycles. The molecule has 1 atom stereocenters. The van der Waals surface area contributed by atoms with Crippen LogP contribution < -0.4 is 5.32 Å². The van der Waals surface area contributed by atoms with E-state index in [9.17, 15) is 0 Å². The first kappa shape index (κ1) is 16.8. The van der Waals surface area contributed by atoms with Crippen LogP contribution in [0.4, 0.5) is 0 Å². The summed E-state index contributed by atoms with van der Waals surface area (Å²) in [6.07, 6.45) is 0.875. The van der Waals surface area contributed by atoms with Crippen LogP contribution in [-0.2, 0) is 6.42 Å². The van der Waals surface area contributed by atoms with Gasteiger partial charge in [0.25, 0.3) is 0 Å². The van der Waals surface area contributed by atoms with Gasteiger partial charge in [0, 0.05) is 10.5 Å². The summed E-state index contributed by atoms with van der Waals surface area (Å²) < 4.78 is 1.14. The van der Waals surface area contributed by atoms with Crippen molar-refractivity contribution in [3.63, 3.8) is 0 Å². The molecule has 0 aliphatic heterocycles. The number of hydrogen-bond acceptors (Lipinski definition) is 1. The minimum Gasteiger partial charge on any atom is -0.310 e. The molecule has 0 aliphatic carbocycles. The van der Waals surface area contributed by atoms with Gasteiger partial charge < -0.3 is 5.32 Å². The Morgan fingerprint density at radius 2 is 1.86 bits per heavy atom. The first-order chi connectivity index (χ1) is 10.0. The molecule has 112 valence electrons. The Morgan fingerprint density at radius 1 is 1.10 bits per heavy atom. The molecular formula is C17H18BrCl2N. The van der Waals surface area contributed by atoms with Crippen LogP contribution in [0.5, 0.6) is 0 Å². The van der Waals surface area contributed by atoms with E-state index in [0.717, 1.165) is 17.4 Å². The van der Waals surface area contributed by atoms with Crippen LogP contribution in [0, 0.1) is 6.92 Å². The monoisotopic (exact) mass is 385 g/mol. The molecular weight excluding hydrogens is 369 g/mol. The number of nitrogens with one attached hydrogen (secondary N) is 1. The molecule has 2 aromatic carbocycles. The quantitative estimate of drug-likeness (QED) is 0.668. The average molecular weight is 387 g/mol. The van der Waals surface area contributed by atoms with Gasteiger partial charge in [0.15, 0.2) is 0 Å². The van der Waals surface area contributed by atoms with Gasteiger partial charge >= 0.3 is 0 Å². The van der Waals surface area contributed by atoms with Gasteiger partial charge in [-0.15, -0.1) is 0 Å². The topological polar surface area (TPSA) is 12.0 Å². The third-order valence-electron chi connectivity index (χ3n) is 3.47. The lowest BCUT2D eigenvalue weighted by atomic mass is 9.98. The highest BCUT2D eigenvalue weighted by molar-refractivity contribution is 9.10. The van der Waals surface area contributed by atoms with Crippen LogP contribution in [0.25, 0.3) is 0 Å². The van der Waals surface area contributed by atoms with Crippen molar-refractivity contribution in [3.8, 4) is 0 Å². The minimum atomic E-state index is 0.254. The molecule has 0 aromatic heterocycles. The number of likely N-dealkylation sites (N-methyl/N-ethyl adjacent to an activating group) is 1. The summed E-state index contributed by atoms with van der Waals surface area (Å²) in [6.45, 7) is 5.12. The van der Waals surface area contributed by atoms with Gasteiger partial charge in [-0.25, -0.2) is 0 Å². The molecule has 4 heteroatoms. The molecule has 21 heavy (non-hydrogen) atoms. The first-order valence-corrected chi connectivity index (χ1v) is 8.49.